The number of fused-ring (bicyclic) bond motifs is 1. The van der Waals surface area contributed by atoms with Crippen molar-refractivity contribution >= 4 is 0 Å². The fourth-order valence-corrected chi connectivity index (χ4v) is 1.78. The van der Waals surface area contributed by atoms with Crippen LogP contribution in [0.2, 0.25) is 0 Å². The van der Waals surface area contributed by atoms with Crippen LogP contribution in [0.1, 0.15) is 11.6 Å². The van der Waals surface area contributed by atoms with E-state index < -0.39 is 0 Å². The predicted molar refractivity (Wildman–Crippen MR) is 57.4 cm³/mol. The molecule has 0 fully saturated rings. The lowest BCUT2D eigenvalue weighted by atomic mass is 10.1. The number of ether oxygens (including phenoxy) is 1. The van der Waals surface area contributed by atoms with Gasteiger partial charge in [-0.3, -0.25) is 5.32 Å². The fraction of sp³-hybridized carbons (Fsp3) is 0.455. The molecule has 0 saturated heterocycles. The molecule has 1 aliphatic rings. The molecule has 4 N–H and O–H groups in total. The molecule has 1 unspecified atom stereocenters. The summed E-state index contributed by atoms with van der Waals surface area (Å²) in [7, 11) is 0. The molecule has 1 aliphatic heterocycles. The molecule has 0 amide bonds. The highest BCUT2D eigenvalue weighted by Gasteiger charge is 2.26. The van der Waals surface area contributed by atoms with Crippen LogP contribution in [0, 0.1) is 0 Å². The van der Waals surface area contributed by atoms with Gasteiger partial charge in [-0.15, -0.1) is 0 Å². The number of benzene rings is 1. The van der Waals surface area contributed by atoms with Crippen LogP contribution in [-0.2, 0) is 0 Å². The van der Waals surface area contributed by atoms with Gasteiger partial charge in [-0.05, 0) is 12.1 Å². The van der Waals surface area contributed by atoms with Gasteiger partial charge in [0.05, 0.1) is 25.3 Å². The van der Waals surface area contributed by atoms with Crippen LogP contribution in [0.5, 0.6) is 11.5 Å². The highest BCUT2D eigenvalue weighted by Crippen LogP contribution is 2.34. The number of aliphatic hydroxyl groups is 2. The van der Waals surface area contributed by atoms with E-state index in [-0.39, 0.29) is 31.0 Å². The highest BCUT2D eigenvalue weighted by molar-refractivity contribution is 5.44. The second kappa shape index (κ2) is 4.69. The number of rotatable bonds is 4. The standard InChI is InChI=1S/C11H15NO4/c13-4-7(5-14)12-10-6-16-11-3-8(15)1-2-9(10)11/h1-3,7,10,12-15H,4-6H2. The minimum atomic E-state index is -0.353. The Balaban J connectivity index is 2.11. The Hall–Kier alpha value is -1.30. The van der Waals surface area contributed by atoms with E-state index in [2.05, 4.69) is 5.32 Å². The molecular weight excluding hydrogens is 210 g/mol. The van der Waals surface area contributed by atoms with Crippen molar-refractivity contribution in [2.45, 2.75) is 12.1 Å². The summed E-state index contributed by atoms with van der Waals surface area (Å²) in [5, 5.41) is 30.3. The molecule has 0 saturated carbocycles. The van der Waals surface area contributed by atoms with Gasteiger partial charge in [0.25, 0.3) is 0 Å². The molecule has 5 nitrogen and oxygen atoms in total. The second-order valence-electron chi connectivity index (χ2n) is 3.81. The Labute approximate surface area is 93.3 Å². The van der Waals surface area contributed by atoms with Crippen LogP contribution in [-0.4, -0.2) is 41.2 Å². The zero-order chi connectivity index (χ0) is 11.5. The van der Waals surface area contributed by atoms with E-state index in [0.29, 0.717) is 12.4 Å². The quantitative estimate of drug-likeness (QED) is 0.569. The maximum absolute atomic E-state index is 9.28. The van der Waals surface area contributed by atoms with Gasteiger partial charge in [-0.1, -0.05) is 0 Å². The van der Waals surface area contributed by atoms with Gasteiger partial charge in [0.2, 0.25) is 0 Å². The molecule has 0 aromatic heterocycles. The van der Waals surface area contributed by atoms with Crippen LogP contribution >= 0.6 is 0 Å². The van der Waals surface area contributed by atoms with E-state index in [9.17, 15) is 5.11 Å². The van der Waals surface area contributed by atoms with E-state index >= 15 is 0 Å². The fourth-order valence-electron chi connectivity index (χ4n) is 1.78. The summed E-state index contributed by atoms with van der Waals surface area (Å²) in [5.41, 5.74) is 0.935. The molecule has 2 rings (SSSR count). The van der Waals surface area contributed by atoms with Crippen molar-refractivity contribution in [3.63, 3.8) is 0 Å². The molecule has 0 spiro atoms. The van der Waals surface area contributed by atoms with Gasteiger partial charge >= 0.3 is 0 Å². The summed E-state index contributed by atoms with van der Waals surface area (Å²) < 4.78 is 5.40. The lowest BCUT2D eigenvalue weighted by Gasteiger charge is -2.18. The van der Waals surface area contributed by atoms with Gasteiger partial charge in [0.15, 0.2) is 0 Å². The minimum Gasteiger partial charge on any atom is -0.508 e. The van der Waals surface area contributed by atoms with Crippen LogP contribution in [0.15, 0.2) is 18.2 Å². The molecule has 16 heavy (non-hydrogen) atoms. The van der Waals surface area contributed by atoms with Crippen molar-refractivity contribution in [1.29, 1.82) is 0 Å². The molecular formula is C11H15NO4. The van der Waals surface area contributed by atoms with Crippen molar-refractivity contribution in [3.05, 3.63) is 23.8 Å². The van der Waals surface area contributed by atoms with Crippen LogP contribution in [0.25, 0.3) is 0 Å². The topological polar surface area (TPSA) is 82.0 Å². The molecule has 5 heteroatoms. The van der Waals surface area contributed by atoms with E-state index in [1.54, 1.807) is 18.2 Å². The molecule has 0 bridgehead atoms. The first-order chi connectivity index (χ1) is 7.74. The Morgan fingerprint density at radius 2 is 2.12 bits per heavy atom. The third-order valence-corrected chi connectivity index (χ3v) is 2.66. The summed E-state index contributed by atoms with van der Waals surface area (Å²) in [4.78, 5) is 0. The third kappa shape index (κ3) is 2.11. The van der Waals surface area contributed by atoms with E-state index in [4.69, 9.17) is 14.9 Å². The lowest BCUT2D eigenvalue weighted by molar-refractivity contribution is 0.156. The van der Waals surface area contributed by atoms with Crippen molar-refractivity contribution in [2.24, 2.45) is 0 Å². The molecule has 1 aromatic carbocycles. The average Bonchev–Trinajstić information content (AvgIpc) is 2.68. The summed E-state index contributed by atoms with van der Waals surface area (Å²) >= 11 is 0. The van der Waals surface area contributed by atoms with Crippen molar-refractivity contribution < 1.29 is 20.1 Å². The molecule has 1 atom stereocenters. The molecule has 1 aromatic rings. The minimum absolute atomic E-state index is 0.0556. The Morgan fingerprint density at radius 1 is 1.38 bits per heavy atom. The second-order valence-corrected chi connectivity index (χ2v) is 3.81. The van der Waals surface area contributed by atoms with Gasteiger partial charge in [-0.2, -0.15) is 0 Å². The van der Waals surface area contributed by atoms with Crippen LogP contribution in [0.4, 0.5) is 0 Å². The monoisotopic (exact) mass is 225 g/mol. The third-order valence-electron chi connectivity index (χ3n) is 2.66. The first-order valence-corrected chi connectivity index (χ1v) is 5.18. The van der Waals surface area contributed by atoms with Gasteiger partial charge in [-0.25, -0.2) is 0 Å². The van der Waals surface area contributed by atoms with Crippen molar-refractivity contribution in [2.75, 3.05) is 19.8 Å². The number of aliphatic hydroxyl groups excluding tert-OH is 2. The lowest BCUT2D eigenvalue weighted by Crippen LogP contribution is -2.39. The summed E-state index contributed by atoms with van der Waals surface area (Å²) in [6.45, 7) is 0.191. The maximum atomic E-state index is 9.28. The average molecular weight is 225 g/mol. The van der Waals surface area contributed by atoms with Gasteiger partial charge in [0, 0.05) is 11.6 Å². The highest BCUT2D eigenvalue weighted by atomic mass is 16.5. The SMILES string of the molecule is OCC(CO)NC1COc2cc(O)ccc21. The number of hydrogen-bond acceptors (Lipinski definition) is 5. The van der Waals surface area contributed by atoms with Gasteiger partial charge in [0.1, 0.15) is 18.1 Å². The zero-order valence-electron chi connectivity index (χ0n) is 8.76. The Kier molecular flexibility index (Phi) is 3.28. The number of aromatic hydroxyl groups is 1. The van der Waals surface area contributed by atoms with E-state index in [0.717, 1.165) is 5.56 Å². The first kappa shape index (κ1) is 11.2. The summed E-state index contributed by atoms with van der Waals surface area (Å²) in [5.74, 6) is 0.812. The molecule has 0 radical (unpaired) electrons. The van der Waals surface area contributed by atoms with Crippen molar-refractivity contribution in [1.82, 2.24) is 5.32 Å². The normalized spacial score (nSPS) is 18.6. The van der Waals surface area contributed by atoms with E-state index in [1.165, 1.54) is 0 Å². The van der Waals surface area contributed by atoms with Crippen molar-refractivity contribution in [3.8, 4) is 11.5 Å². The molecule has 0 aliphatic carbocycles. The number of hydrogen-bond donors (Lipinski definition) is 4. The largest absolute Gasteiger partial charge is 0.508 e. The number of nitrogens with one attached hydrogen (secondary N) is 1. The van der Waals surface area contributed by atoms with Crippen LogP contribution < -0.4 is 10.1 Å². The summed E-state index contributed by atoms with van der Waals surface area (Å²) in [6, 6.07) is 4.52. The van der Waals surface area contributed by atoms with E-state index in [1.807, 2.05) is 0 Å². The van der Waals surface area contributed by atoms with Crippen LogP contribution in [0.3, 0.4) is 0 Å². The molecule has 88 valence electrons. The molecule has 1 heterocycles. The summed E-state index contributed by atoms with van der Waals surface area (Å²) in [6.07, 6.45) is 0. The Bertz CT molecular complexity index is 365. The number of phenols is 1. The smallest absolute Gasteiger partial charge is 0.127 e. The first-order valence-electron chi connectivity index (χ1n) is 5.18. The number of phenolic OH excluding ortho intramolecular Hbond substituents is 1. The maximum Gasteiger partial charge on any atom is 0.127 e. The van der Waals surface area contributed by atoms with Gasteiger partial charge < -0.3 is 20.1 Å². The predicted octanol–water partition coefficient (Wildman–Crippen LogP) is -0.232. The Morgan fingerprint density at radius 3 is 2.81 bits per heavy atom. The zero-order valence-corrected chi connectivity index (χ0v) is 8.76.